The second-order valence-corrected chi connectivity index (χ2v) is 11.3. The van der Waals surface area contributed by atoms with Crippen molar-refractivity contribution in [2.45, 2.75) is 6.92 Å². The lowest BCUT2D eigenvalue weighted by Crippen LogP contribution is -1.94. The second-order valence-electron chi connectivity index (χ2n) is 11.3. The highest BCUT2D eigenvalue weighted by Gasteiger charge is 2.16. The third-order valence-electron chi connectivity index (χ3n) is 8.39. The van der Waals surface area contributed by atoms with E-state index < -0.39 is 35.7 Å². The average molecular weight is 660 g/mol. The van der Waals surface area contributed by atoms with E-state index in [-0.39, 0.29) is 16.7 Å². The third-order valence-corrected chi connectivity index (χ3v) is 8.39. The Morgan fingerprint density at radius 1 is 0.306 bits per heavy atom. The van der Waals surface area contributed by atoms with Crippen LogP contribution in [0.5, 0.6) is 0 Å². The van der Waals surface area contributed by atoms with Crippen molar-refractivity contribution in [3.8, 4) is 66.8 Å². The van der Waals surface area contributed by atoms with E-state index >= 15 is 0 Å². The monoisotopic (exact) mass is 659 g/mol. The minimum absolute atomic E-state index is 0.166. The molecule has 0 aliphatic heterocycles. The molecule has 3 aromatic heterocycles. The van der Waals surface area contributed by atoms with Crippen LogP contribution in [0.3, 0.4) is 0 Å². The molecule has 240 valence electrons. The van der Waals surface area contributed by atoms with Gasteiger partial charge in [-0.25, -0.2) is 0 Å². The van der Waals surface area contributed by atoms with Gasteiger partial charge in [0, 0.05) is 16.7 Å². The van der Waals surface area contributed by atoms with Crippen LogP contribution in [0, 0.1) is 42.6 Å². The van der Waals surface area contributed by atoms with Gasteiger partial charge in [-0.2, -0.15) is 41.3 Å². The van der Waals surface area contributed by atoms with Gasteiger partial charge in [-0.15, -0.1) is 0 Å². The molecule has 9 heteroatoms. The largest absolute Gasteiger partial charge is 0.223 e. The number of nitrogens with zero attached hydrogens (tertiary/aromatic N) is 3. The number of pyridine rings is 3. The molecule has 0 saturated carbocycles. The summed E-state index contributed by atoms with van der Waals surface area (Å²) in [5.41, 5.74) is 8.03. The van der Waals surface area contributed by atoms with E-state index in [9.17, 15) is 26.3 Å². The van der Waals surface area contributed by atoms with Gasteiger partial charge in [0.05, 0.1) is 0 Å². The summed E-state index contributed by atoms with van der Waals surface area (Å²) in [5, 5.41) is 0. The zero-order chi connectivity index (χ0) is 34.2. The third kappa shape index (κ3) is 6.30. The SMILES string of the molecule is Cc1c(-c2ccc(-c3ccc(F)nc3F)cc2)cc(-c2ccc(-c3ccc(F)nc3F)cc2)cc1-c1ccc(-c2ccc(F)nc2F)cc1. The summed E-state index contributed by atoms with van der Waals surface area (Å²) in [6, 6.07) is 32.8. The fraction of sp³-hybridized carbons (Fsp3) is 0.0250. The Hall–Kier alpha value is -6.09. The summed E-state index contributed by atoms with van der Waals surface area (Å²) < 4.78 is 83.5. The fourth-order valence-corrected chi connectivity index (χ4v) is 5.86. The number of halogens is 6. The van der Waals surface area contributed by atoms with Crippen molar-refractivity contribution in [2.24, 2.45) is 0 Å². The predicted octanol–water partition coefficient (Wildman–Crippen LogP) is 11.0. The number of hydrogen-bond donors (Lipinski definition) is 0. The average Bonchev–Trinajstić information content (AvgIpc) is 3.09. The van der Waals surface area contributed by atoms with Gasteiger partial charge in [0.25, 0.3) is 0 Å². The first kappa shape index (κ1) is 31.5. The summed E-state index contributed by atoms with van der Waals surface area (Å²) in [5.74, 6) is -5.44. The van der Waals surface area contributed by atoms with Crippen molar-refractivity contribution >= 4 is 0 Å². The van der Waals surface area contributed by atoms with Crippen LogP contribution in [-0.2, 0) is 0 Å². The standard InChI is InChI=1S/C40H23F6N3/c1-22-33(27-10-6-25(7-11-27)31-15-18-36(42)48-39(31)45)20-29(23-2-4-24(5-3-23)30-14-17-35(41)47-38(30)44)21-34(22)28-12-8-26(9-13-28)32-16-19-37(43)49-40(32)46/h2-21H,1H3. The van der Waals surface area contributed by atoms with Gasteiger partial charge in [0.15, 0.2) is 0 Å². The number of aromatic nitrogens is 3. The van der Waals surface area contributed by atoms with Gasteiger partial charge in [0.1, 0.15) is 0 Å². The maximum atomic E-state index is 14.4. The van der Waals surface area contributed by atoms with Crippen molar-refractivity contribution in [2.75, 3.05) is 0 Å². The zero-order valence-corrected chi connectivity index (χ0v) is 25.7. The summed E-state index contributed by atoms with van der Waals surface area (Å²) in [6.07, 6.45) is 0. The van der Waals surface area contributed by atoms with Gasteiger partial charge in [-0.1, -0.05) is 72.8 Å². The normalized spacial score (nSPS) is 11.2. The maximum absolute atomic E-state index is 14.4. The highest BCUT2D eigenvalue weighted by molar-refractivity contribution is 5.86. The minimum atomic E-state index is -0.910. The molecule has 0 radical (unpaired) electrons. The molecule has 0 aliphatic rings. The van der Waals surface area contributed by atoms with Gasteiger partial charge in [-0.3, -0.25) is 0 Å². The Bertz CT molecular complexity index is 2220. The molecule has 0 fully saturated rings. The molecule has 0 N–H and O–H groups in total. The van der Waals surface area contributed by atoms with Crippen LogP contribution in [0.15, 0.2) is 121 Å². The highest BCUT2D eigenvalue weighted by atomic mass is 19.2. The van der Waals surface area contributed by atoms with Crippen LogP contribution in [0.1, 0.15) is 5.56 Å². The molecule has 0 saturated heterocycles. The molecule has 0 amide bonds. The smallest absolute Gasteiger partial charge is 0.190 e. The molecular formula is C40H23F6N3. The molecule has 4 aromatic carbocycles. The lowest BCUT2D eigenvalue weighted by molar-refractivity contribution is 0.514. The van der Waals surface area contributed by atoms with Crippen molar-refractivity contribution < 1.29 is 26.3 Å². The van der Waals surface area contributed by atoms with Gasteiger partial charge >= 0.3 is 0 Å². The number of benzene rings is 4. The van der Waals surface area contributed by atoms with E-state index in [2.05, 4.69) is 15.0 Å². The Morgan fingerprint density at radius 2 is 0.571 bits per heavy atom. The molecule has 49 heavy (non-hydrogen) atoms. The molecule has 0 spiro atoms. The molecule has 0 unspecified atom stereocenters. The summed E-state index contributed by atoms with van der Waals surface area (Å²) >= 11 is 0. The topological polar surface area (TPSA) is 38.7 Å². The van der Waals surface area contributed by atoms with Gasteiger partial charge in [0.2, 0.25) is 35.7 Å². The van der Waals surface area contributed by atoms with E-state index in [1.54, 1.807) is 36.4 Å². The van der Waals surface area contributed by atoms with E-state index in [1.807, 2.05) is 55.5 Å². The Labute approximate surface area is 277 Å². The predicted molar refractivity (Wildman–Crippen MR) is 177 cm³/mol. The van der Waals surface area contributed by atoms with E-state index in [0.29, 0.717) is 16.7 Å². The van der Waals surface area contributed by atoms with Crippen molar-refractivity contribution in [3.63, 3.8) is 0 Å². The first-order valence-electron chi connectivity index (χ1n) is 15.1. The van der Waals surface area contributed by atoms with E-state index in [4.69, 9.17) is 0 Å². The van der Waals surface area contributed by atoms with Crippen molar-refractivity contribution in [3.05, 3.63) is 163 Å². The molecule has 0 aliphatic carbocycles. The zero-order valence-electron chi connectivity index (χ0n) is 25.7. The first-order valence-corrected chi connectivity index (χ1v) is 15.1. The van der Waals surface area contributed by atoms with Crippen LogP contribution in [0.4, 0.5) is 26.3 Å². The van der Waals surface area contributed by atoms with E-state index in [1.165, 1.54) is 18.2 Å². The van der Waals surface area contributed by atoms with Crippen LogP contribution in [-0.4, -0.2) is 15.0 Å². The maximum Gasteiger partial charge on any atom is 0.223 e. The Morgan fingerprint density at radius 3 is 0.857 bits per heavy atom. The van der Waals surface area contributed by atoms with Crippen molar-refractivity contribution in [1.29, 1.82) is 0 Å². The van der Waals surface area contributed by atoms with Gasteiger partial charge < -0.3 is 0 Å². The second kappa shape index (κ2) is 12.8. The van der Waals surface area contributed by atoms with Crippen LogP contribution >= 0.6 is 0 Å². The molecule has 0 atom stereocenters. The number of rotatable bonds is 6. The summed E-state index contributed by atoms with van der Waals surface area (Å²) in [6.45, 7) is 1.97. The Balaban J connectivity index is 1.32. The first-order chi connectivity index (χ1) is 23.6. The van der Waals surface area contributed by atoms with Crippen LogP contribution < -0.4 is 0 Å². The molecule has 0 bridgehead atoms. The van der Waals surface area contributed by atoms with E-state index in [0.717, 1.165) is 57.1 Å². The minimum Gasteiger partial charge on any atom is -0.190 e. The van der Waals surface area contributed by atoms with Crippen LogP contribution in [0.2, 0.25) is 0 Å². The van der Waals surface area contributed by atoms with Gasteiger partial charge in [-0.05, 0) is 111 Å². The molecule has 7 aromatic rings. The quantitative estimate of drug-likeness (QED) is 0.132. The summed E-state index contributed by atoms with van der Waals surface area (Å²) in [7, 11) is 0. The highest BCUT2D eigenvalue weighted by Crippen LogP contribution is 2.39. The lowest BCUT2D eigenvalue weighted by Gasteiger charge is -2.17. The lowest BCUT2D eigenvalue weighted by atomic mass is 9.87. The fourth-order valence-electron chi connectivity index (χ4n) is 5.86. The Kier molecular flexibility index (Phi) is 8.26. The molecule has 3 heterocycles. The van der Waals surface area contributed by atoms with Crippen LogP contribution in [0.25, 0.3) is 66.8 Å². The summed E-state index contributed by atoms with van der Waals surface area (Å²) in [4.78, 5) is 9.86. The molecule has 7 rings (SSSR count). The number of hydrogen-bond acceptors (Lipinski definition) is 3. The molecular weight excluding hydrogens is 636 g/mol. The van der Waals surface area contributed by atoms with Crippen molar-refractivity contribution in [1.82, 2.24) is 15.0 Å². The molecule has 3 nitrogen and oxygen atoms in total.